The predicted molar refractivity (Wildman–Crippen MR) is 119 cm³/mol. The van der Waals surface area contributed by atoms with Gasteiger partial charge in [-0.2, -0.15) is 5.26 Å². The highest BCUT2D eigenvalue weighted by Crippen LogP contribution is 2.36. The molecule has 2 aromatic heterocycles. The molecule has 5 atom stereocenters. The summed E-state index contributed by atoms with van der Waals surface area (Å²) < 4.78 is 36.7. The summed E-state index contributed by atoms with van der Waals surface area (Å²) in [5.74, 6) is -0.254. The van der Waals surface area contributed by atoms with Crippen LogP contribution >= 0.6 is 7.60 Å². The molecule has 12 nitrogen and oxygen atoms in total. The smallest absolute Gasteiger partial charge is 0.350 e. The number of aromatic nitrogens is 3. The van der Waals surface area contributed by atoms with Crippen molar-refractivity contribution >= 4 is 24.4 Å². The van der Waals surface area contributed by atoms with Crippen molar-refractivity contribution in [3.8, 4) is 6.07 Å². The summed E-state index contributed by atoms with van der Waals surface area (Å²) in [7, 11) is -4.41. The predicted octanol–water partition coefficient (Wildman–Crippen LogP) is 1.39. The molecule has 35 heavy (non-hydrogen) atoms. The Balaban J connectivity index is 1.61. The van der Waals surface area contributed by atoms with Gasteiger partial charge in [0.05, 0.1) is 18.0 Å². The van der Waals surface area contributed by atoms with Gasteiger partial charge in [-0.3, -0.25) is 4.57 Å². The highest BCUT2D eigenvalue weighted by Gasteiger charge is 2.44. The number of aliphatic hydroxyl groups excluding tert-OH is 2. The summed E-state index contributed by atoms with van der Waals surface area (Å²) in [5, 5.41) is 34.0. The van der Waals surface area contributed by atoms with Crippen LogP contribution in [0.25, 0.3) is 11.0 Å². The Labute approximate surface area is 198 Å². The average molecular weight is 507 g/mol. The number of rotatable bonds is 8. The standard InChI is InChI=1S/C21H23FN5O7P/c1-11(12-3-2-4-13(22)7-12)24-19-14-5-6-27(20(14)26-16(8-23)25-19)21-18(29)17(28)15(34-21)9-33-10-35(30,31)32/h2-7,11,15,17-18,21,28-29H,9-10H2,1H3,(H,24,25,26)(H2,30,31,32)/t11-,15+,17+,18+,21+/m0/s1. The molecule has 5 N–H and O–H groups in total. The number of hydrogen-bond acceptors (Lipinski definition) is 9. The normalized spacial score (nSPS) is 23.3. The fourth-order valence-corrected chi connectivity index (χ4v) is 4.19. The number of benzene rings is 1. The Morgan fingerprint density at radius 3 is 2.77 bits per heavy atom. The van der Waals surface area contributed by atoms with Gasteiger partial charge in [-0.15, -0.1) is 0 Å². The number of nitrogens with zero attached hydrogens (tertiary/aromatic N) is 4. The van der Waals surface area contributed by atoms with Crippen molar-refractivity contribution in [1.29, 1.82) is 5.26 Å². The molecule has 0 radical (unpaired) electrons. The molecular weight excluding hydrogens is 484 g/mol. The molecule has 0 spiro atoms. The minimum Gasteiger partial charge on any atom is -0.387 e. The Kier molecular flexibility index (Phi) is 7.16. The second-order valence-corrected chi connectivity index (χ2v) is 9.69. The maximum absolute atomic E-state index is 13.6. The Morgan fingerprint density at radius 2 is 2.09 bits per heavy atom. The molecule has 1 fully saturated rings. The number of ether oxygens (including phenoxy) is 2. The van der Waals surface area contributed by atoms with Crippen molar-refractivity contribution in [2.75, 3.05) is 18.3 Å². The van der Waals surface area contributed by atoms with E-state index in [-0.39, 0.29) is 24.1 Å². The molecule has 186 valence electrons. The maximum Gasteiger partial charge on any atom is 0.350 e. The van der Waals surface area contributed by atoms with Crippen molar-refractivity contribution < 1.29 is 38.4 Å². The second kappa shape index (κ2) is 9.96. The number of anilines is 1. The van der Waals surface area contributed by atoms with Gasteiger partial charge >= 0.3 is 7.60 Å². The zero-order chi connectivity index (χ0) is 25.3. The van der Waals surface area contributed by atoms with E-state index in [1.807, 2.05) is 6.07 Å². The van der Waals surface area contributed by atoms with Crippen LogP contribution < -0.4 is 5.32 Å². The van der Waals surface area contributed by atoms with E-state index >= 15 is 0 Å². The van der Waals surface area contributed by atoms with Crippen LogP contribution in [-0.4, -0.2) is 65.8 Å². The van der Waals surface area contributed by atoms with Crippen LogP contribution in [0.15, 0.2) is 36.5 Å². The van der Waals surface area contributed by atoms with E-state index in [1.54, 1.807) is 25.1 Å². The van der Waals surface area contributed by atoms with Gasteiger partial charge in [-0.05, 0) is 30.7 Å². The molecule has 0 amide bonds. The molecule has 1 aromatic carbocycles. The van der Waals surface area contributed by atoms with Gasteiger partial charge in [0.25, 0.3) is 0 Å². The molecule has 3 aromatic rings. The maximum atomic E-state index is 13.6. The first-order chi connectivity index (χ1) is 16.6. The molecule has 3 heterocycles. The number of fused-ring (bicyclic) bond motifs is 1. The van der Waals surface area contributed by atoms with Gasteiger partial charge in [0.15, 0.2) is 6.23 Å². The Morgan fingerprint density at radius 1 is 1.31 bits per heavy atom. The lowest BCUT2D eigenvalue weighted by molar-refractivity contribution is -0.0610. The highest BCUT2D eigenvalue weighted by molar-refractivity contribution is 7.51. The molecule has 1 aliphatic rings. The van der Waals surface area contributed by atoms with Gasteiger partial charge in [0, 0.05) is 6.20 Å². The lowest BCUT2D eigenvalue weighted by atomic mass is 10.1. The number of nitriles is 1. The summed E-state index contributed by atoms with van der Waals surface area (Å²) in [5.41, 5.74) is 0.893. The van der Waals surface area contributed by atoms with Gasteiger partial charge < -0.3 is 39.4 Å². The minimum absolute atomic E-state index is 0.166. The third kappa shape index (κ3) is 5.50. The molecule has 0 aliphatic carbocycles. The summed E-state index contributed by atoms with van der Waals surface area (Å²) >= 11 is 0. The number of aliphatic hydroxyl groups is 2. The zero-order valence-electron chi connectivity index (χ0n) is 18.4. The molecule has 1 aliphatic heterocycles. The van der Waals surface area contributed by atoms with Crippen molar-refractivity contribution in [2.24, 2.45) is 0 Å². The van der Waals surface area contributed by atoms with E-state index in [0.29, 0.717) is 16.8 Å². The first kappa shape index (κ1) is 25.2. The van der Waals surface area contributed by atoms with Crippen LogP contribution in [-0.2, 0) is 14.0 Å². The first-order valence-corrected chi connectivity index (χ1v) is 12.3. The van der Waals surface area contributed by atoms with E-state index in [9.17, 15) is 24.4 Å². The van der Waals surface area contributed by atoms with Crippen LogP contribution in [0.5, 0.6) is 0 Å². The minimum atomic E-state index is -4.41. The third-order valence-corrected chi connectivity index (χ3v) is 6.05. The van der Waals surface area contributed by atoms with Gasteiger partial charge in [-0.1, -0.05) is 12.1 Å². The van der Waals surface area contributed by atoms with E-state index in [0.717, 1.165) is 0 Å². The van der Waals surface area contributed by atoms with E-state index in [1.165, 1.54) is 22.9 Å². The lowest BCUT2D eigenvalue weighted by Gasteiger charge is -2.19. The quantitative estimate of drug-likeness (QED) is 0.278. The van der Waals surface area contributed by atoms with Crippen molar-refractivity contribution in [2.45, 2.75) is 37.5 Å². The van der Waals surface area contributed by atoms with Crippen LogP contribution in [0.4, 0.5) is 10.2 Å². The molecule has 0 unspecified atom stereocenters. The van der Waals surface area contributed by atoms with Crippen molar-refractivity contribution in [3.05, 3.63) is 53.7 Å². The average Bonchev–Trinajstić information content (AvgIpc) is 3.34. The SMILES string of the molecule is C[C@H](Nc1nc(C#N)nc2c1ccn2[C@@H]1O[C@H](COCP(=O)(O)O)[C@@H](O)[C@H]1O)c1cccc(F)c1. The van der Waals surface area contributed by atoms with Gasteiger partial charge in [0.2, 0.25) is 5.82 Å². The Hall–Kier alpha value is -2.95. The van der Waals surface area contributed by atoms with Gasteiger partial charge in [0.1, 0.15) is 48.0 Å². The fraction of sp³-hybridized carbons (Fsp3) is 0.381. The number of nitrogens with one attached hydrogen (secondary N) is 1. The van der Waals surface area contributed by atoms with E-state index in [2.05, 4.69) is 15.3 Å². The van der Waals surface area contributed by atoms with E-state index < -0.39 is 44.3 Å². The highest BCUT2D eigenvalue weighted by atomic mass is 31.2. The van der Waals surface area contributed by atoms with Crippen LogP contribution in [0, 0.1) is 17.1 Å². The molecule has 4 rings (SSSR count). The number of halogens is 1. The van der Waals surface area contributed by atoms with Crippen LogP contribution in [0.3, 0.4) is 0 Å². The molecule has 14 heteroatoms. The summed E-state index contributed by atoms with van der Waals surface area (Å²) in [6.45, 7) is 1.43. The van der Waals surface area contributed by atoms with E-state index in [4.69, 9.17) is 19.3 Å². The number of hydrogen-bond donors (Lipinski definition) is 5. The molecule has 1 saturated heterocycles. The van der Waals surface area contributed by atoms with Crippen LogP contribution in [0.2, 0.25) is 0 Å². The zero-order valence-corrected chi connectivity index (χ0v) is 19.3. The molecule has 0 bridgehead atoms. The van der Waals surface area contributed by atoms with Crippen LogP contribution in [0.1, 0.15) is 30.6 Å². The largest absolute Gasteiger partial charge is 0.387 e. The third-order valence-electron chi connectivity index (χ3n) is 5.53. The monoisotopic (exact) mass is 507 g/mol. The summed E-state index contributed by atoms with van der Waals surface area (Å²) in [4.78, 5) is 26.3. The van der Waals surface area contributed by atoms with Gasteiger partial charge in [-0.25, -0.2) is 14.4 Å². The first-order valence-electron chi connectivity index (χ1n) is 10.5. The lowest BCUT2D eigenvalue weighted by Crippen LogP contribution is -2.33. The second-order valence-electron chi connectivity index (χ2n) is 8.10. The Bertz CT molecular complexity index is 1310. The molecule has 0 saturated carbocycles. The fourth-order valence-electron chi connectivity index (χ4n) is 3.85. The van der Waals surface area contributed by atoms with Crippen molar-refractivity contribution in [1.82, 2.24) is 14.5 Å². The van der Waals surface area contributed by atoms with Crippen molar-refractivity contribution in [3.63, 3.8) is 0 Å². The summed E-state index contributed by atoms with van der Waals surface area (Å²) in [6, 6.07) is 9.18. The molecular formula is C21H23FN5O7P. The summed E-state index contributed by atoms with van der Waals surface area (Å²) in [6.07, 6.45) is -4.33. The topological polar surface area (TPSA) is 183 Å².